The first-order valence-corrected chi connectivity index (χ1v) is 11.2. The second-order valence-electron chi connectivity index (χ2n) is 10.1. The van der Waals surface area contributed by atoms with Gasteiger partial charge in [-0.2, -0.15) is 0 Å². The Morgan fingerprint density at radius 1 is 1.24 bits per heavy atom. The number of aromatic nitrogens is 5. The lowest BCUT2D eigenvalue weighted by Crippen LogP contribution is -2.58. The molecule has 3 heterocycles. The van der Waals surface area contributed by atoms with Gasteiger partial charge in [-0.15, -0.1) is 5.10 Å². The highest BCUT2D eigenvalue weighted by atomic mass is 16.3. The van der Waals surface area contributed by atoms with E-state index in [1.165, 1.54) is 18.5 Å². The molecule has 0 aliphatic carbocycles. The van der Waals surface area contributed by atoms with Crippen molar-refractivity contribution < 1.29 is 5.11 Å². The Balaban J connectivity index is 1.66. The number of H-pyrrole nitrogens is 1. The third kappa shape index (κ3) is 4.77. The molecule has 1 fully saturated rings. The average molecular weight is 461 g/mol. The molecule has 1 aliphatic rings. The first-order chi connectivity index (χ1) is 16.0. The van der Waals surface area contributed by atoms with E-state index in [1.807, 2.05) is 11.6 Å². The van der Waals surface area contributed by atoms with Crippen LogP contribution in [0.4, 0.5) is 0 Å². The Labute approximate surface area is 198 Å². The van der Waals surface area contributed by atoms with E-state index in [-0.39, 0.29) is 28.4 Å². The molecule has 34 heavy (non-hydrogen) atoms. The summed E-state index contributed by atoms with van der Waals surface area (Å²) in [6, 6.07) is 6.53. The highest BCUT2D eigenvalue weighted by Crippen LogP contribution is 2.37. The lowest BCUT2D eigenvalue weighted by Gasteiger charge is -2.46. The van der Waals surface area contributed by atoms with Gasteiger partial charge in [-0.1, -0.05) is 11.3 Å². The molecule has 0 spiro atoms. The number of benzene rings is 1. The molecule has 9 heteroatoms. The molecule has 0 atom stereocenters. The standard InChI is InChI=1S/C25H29N7O2/c1-15-19(29-31-32(15)17-12-24(2,3)30-25(4,5)13-17)10-21(26-6)18-8-7-16(9-22(18)33)20-11-23(34)28-14-27-20/h6-11,14,17,30H,12-13H2,1-5H3,(H-,27,28,33,34)/p+1/b21-10-. The Kier molecular flexibility index (Phi) is 5.87. The number of nitrogens with zero attached hydrogens (tertiary/aromatic N) is 5. The quantitative estimate of drug-likeness (QED) is 0.543. The van der Waals surface area contributed by atoms with E-state index in [2.05, 4.69) is 58.1 Å². The molecule has 2 aromatic heterocycles. The van der Waals surface area contributed by atoms with E-state index >= 15 is 0 Å². The van der Waals surface area contributed by atoms with Crippen molar-refractivity contribution in [3.05, 3.63) is 62.7 Å². The monoisotopic (exact) mass is 460 g/mol. The van der Waals surface area contributed by atoms with Crippen LogP contribution in [0.1, 0.15) is 63.5 Å². The van der Waals surface area contributed by atoms with Gasteiger partial charge in [0, 0.05) is 22.7 Å². The predicted octanol–water partition coefficient (Wildman–Crippen LogP) is 3.98. The summed E-state index contributed by atoms with van der Waals surface area (Å²) in [6.07, 6.45) is 4.89. The van der Waals surface area contributed by atoms with Crippen LogP contribution in [0.3, 0.4) is 0 Å². The third-order valence-corrected chi connectivity index (χ3v) is 6.14. The molecule has 1 saturated heterocycles. The molecule has 3 aromatic rings. The summed E-state index contributed by atoms with van der Waals surface area (Å²) in [5.74, 6) is -0.0352. The van der Waals surface area contributed by atoms with Crippen molar-refractivity contribution in [1.82, 2.24) is 30.3 Å². The van der Waals surface area contributed by atoms with Crippen LogP contribution in [0.2, 0.25) is 0 Å². The molecule has 4 rings (SSSR count). The first-order valence-electron chi connectivity index (χ1n) is 11.2. The van der Waals surface area contributed by atoms with Gasteiger partial charge >= 0.3 is 5.70 Å². The van der Waals surface area contributed by atoms with Gasteiger partial charge in [0.2, 0.25) is 0 Å². The highest BCUT2D eigenvalue weighted by Gasteiger charge is 2.39. The molecular formula is C25H30N7O2+. The molecule has 0 radical (unpaired) electrons. The average Bonchev–Trinajstić information content (AvgIpc) is 3.10. The fraction of sp³-hybridized carbons (Fsp3) is 0.400. The largest absolute Gasteiger partial charge is 0.507 e. The van der Waals surface area contributed by atoms with E-state index < -0.39 is 0 Å². The van der Waals surface area contributed by atoms with E-state index in [0.717, 1.165) is 18.5 Å². The van der Waals surface area contributed by atoms with E-state index in [1.54, 1.807) is 18.2 Å². The summed E-state index contributed by atoms with van der Waals surface area (Å²) in [6.45, 7) is 16.5. The Morgan fingerprint density at radius 2 is 1.94 bits per heavy atom. The second kappa shape index (κ2) is 8.54. The number of phenols is 1. The number of rotatable bonds is 4. The first kappa shape index (κ1) is 23.4. The van der Waals surface area contributed by atoms with Crippen LogP contribution in [0.15, 0.2) is 35.4 Å². The van der Waals surface area contributed by atoms with Gasteiger partial charge in [0.25, 0.3) is 12.1 Å². The van der Waals surface area contributed by atoms with Gasteiger partial charge < -0.3 is 15.4 Å². The minimum atomic E-state index is -0.273. The van der Waals surface area contributed by atoms with Crippen molar-refractivity contribution in [3.8, 4) is 23.6 Å². The Hall–Kier alpha value is -3.77. The molecule has 9 nitrogen and oxygen atoms in total. The maximum atomic E-state index is 11.6. The molecule has 0 unspecified atom stereocenters. The molecule has 0 bridgehead atoms. The predicted molar refractivity (Wildman–Crippen MR) is 132 cm³/mol. The normalized spacial score (nSPS) is 17.9. The zero-order chi connectivity index (χ0) is 24.7. The van der Waals surface area contributed by atoms with E-state index in [0.29, 0.717) is 28.2 Å². The summed E-state index contributed by atoms with van der Waals surface area (Å²) in [4.78, 5) is 22.1. The minimum absolute atomic E-state index is 0.0232. The Bertz CT molecular complexity index is 1340. The molecule has 3 N–H and O–H groups in total. The van der Waals surface area contributed by atoms with Crippen LogP contribution in [-0.2, 0) is 0 Å². The van der Waals surface area contributed by atoms with Crippen molar-refractivity contribution in [2.75, 3.05) is 0 Å². The van der Waals surface area contributed by atoms with Crippen LogP contribution >= 0.6 is 0 Å². The van der Waals surface area contributed by atoms with Crippen molar-refractivity contribution in [2.24, 2.45) is 0 Å². The molecule has 1 aliphatic heterocycles. The summed E-state index contributed by atoms with van der Waals surface area (Å²) < 4.78 is 1.98. The van der Waals surface area contributed by atoms with Crippen LogP contribution in [-0.4, -0.2) is 41.1 Å². The maximum absolute atomic E-state index is 11.6. The second-order valence-corrected chi connectivity index (χ2v) is 10.1. The molecule has 0 amide bonds. The zero-order valence-corrected chi connectivity index (χ0v) is 20.1. The van der Waals surface area contributed by atoms with Gasteiger partial charge in [-0.25, -0.2) is 9.67 Å². The SMILES string of the molecule is C#[N+]/C(=C\c1nnn(C2CC(C)(C)NC(C)(C)C2)c1C)c1ccc(-c2cc(=O)[nH]cn2)cc1O. The lowest BCUT2D eigenvalue weighted by molar-refractivity contribution is 0.124. The molecule has 1 aromatic carbocycles. The van der Waals surface area contributed by atoms with Crippen molar-refractivity contribution >= 4 is 11.8 Å². The van der Waals surface area contributed by atoms with E-state index in [4.69, 9.17) is 6.57 Å². The van der Waals surface area contributed by atoms with Crippen LogP contribution < -0.4 is 10.9 Å². The number of hydrogen-bond acceptors (Lipinski definition) is 6. The van der Waals surface area contributed by atoms with Crippen LogP contribution in [0.25, 0.3) is 27.9 Å². The Morgan fingerprint density at radius 3 is 2.56 bits per heavy atom. The molecule has 176 valence electrons. The lowest BCUT2D eigenvalue weighted by atomic mass is 9.79. The number of hydrogen-bond donors (Lipinski definition) is 3. The number of phenolic OH excluding ortho intramolecular Hbond substituents is 1. The van der Waals surface area contributed by atoms with Crippen molar-refractivity contribution in [1.29, 1.82) is 0 Å². The van der Waals surface area contributed by atoms with Gasteiger partial charge in [-0.3, -0.25) is 4.79 Å². The van der Waals surface area contributed by atoms with E-state index in [9.17, 15) is 9.90 Å². The van der Waals surface area contributed by atoms with Crippen LogP contribution in [0, 0.1) is 13.5 Å². The zero-order valence-electron chi connectivity index (χ0n) is 20.1. The maximum Gasteiger partial charge on any atom is 0.353 e. The van der Waals surface area contributed by atoms with Crippen molar-refractivity contribution in [2.45, 2.75) is 64.6 Å². The summed E-state index contributed by atoms with van der Waals surface area (Å²) >= 11 is 0. The highest BCUT2D eigenvalue weighted by molar-refractivity contribution is 5.88. The molecule has 0 saturated carbocycles. The third-order valence-electron chi connectivity index (χ3n) is 6.14. The van der Waals surface area contributed by atoms with Gasteiger partial charge in [0.15, 0.2) is 0 Å². The molecular weight excluding hydrogens is 430 g/mol. The minimum Gasteiger partial charge on any atom is -0.507 e. The van der Waals surface area contributed by atoms with Crippen LogP contribution in [0.5, 0.6) is 5.75 Å². The summed E-state index contributed by atoms with van der Waals surface area (Å²) in [5.41, 5.74) is 3.08. The number of aromatic hydroxyl groups is 1. The number of piperidine rings is 1. The van der Waals surface area contributed by atoms with Gasteiger partial charge in [0.05, 0.1) is 29.8 Å². The number of aromatic amines is 1. The smallest absolute Gasteiger partial charge is 0.353 e. The summed E-state index contributed by atoms with van der Waals surface area (Å²) in [7, 11) is 0. The van der Waals surface area contributed by atoms with Crippen molar-refractivity contribution in [3.63, 3.8) is 0 Å². The van der Waals surface area contributed by atoms with Gasteiger partial charge in [0.1, 0.15) is 17.0 Å². The number of nitrogens with one attached hydrogen (secondary N) is 2. The topological polar surface area (TPSA) is 113 Å². The van der Waals surface area contributed by atoms with Gasteiger partial charge in [-0.05, 0) is 64.4 Å². The summed E-state index contributed by atoms with van der Waals surface area (Å²) in [5, 5.41) is 23.2. The fourth-order valence-corrected chi connectivity index (χ4v) is 5.02. The fourth-order valence-electron chi connectivity index (χ4n) is 5.02.